The zero-order valence-corrected chi connectivity index (χ0v) is 14.5. The zero-order valence-electron chi connectivity index (χ0n) is 14.5. The van der Waals surface area contributed by atoms with E-state index < -0.39 is 5.54 Å². The van der Waals surface area contributed by atoms with Crippen molar-refractivity contribution < 1.29 is 9.53 Å². The van der Waals surface area contributed by atoms with Crippen molar-refractivity contribution >= 4 is 5.97 Å². The fraction of sp³-hybridized carbons (Fsp3) is 0.444. The first-order chi connectivity index (χ1) is 10.8. The fourth-order valence-corrected chi connectivity index (χ4v) is 2.35. The minimum atomic E-state index is -0.704. The van der Waals surface area contributed by atoms with Gasteiger partial charge in [-0.2, -0.15) is 5.10 Å². The van der Waals surface area contributed by atoms with Crippen LogP contribution in [-0.2, 0) is 16.1 Å². The van der Waals surface area contributed by atoms with Gasteiger partial charge in [-0.3, -0.25) is 10.1 Å². The summed E-state index contributed by atoms with van der Waals surface area (Å²) in [5, 5.41) is 7.72. The third kappa shape index (κ3) is 4.20. The first kappa shape index (κ1) is 17.2. The normalized spacial score (nSPS) is 11.5. The Bertz CT molecular complexity index is 672. The molecule has 124 valence electrons. The number of hydrogen-bond acceptors (Lipinski definition) is 4. The minimum absolute atomic E-state index is 0.237. The standard InChI is InChI=1S/C18H25N3O2/c1-6-23-17(22)18(4,5)19-12-15-7-9-16(10-8-15)21-14(3)11-13(2)20-21/h7-11,19H,6,12H2,1-5H3. The average molecular weight is 315 g/mol. The van der Waals surface area contributed by atoms with Crippen molar-refractivity contribution in [2.75, 3.05) is 6.61 Å². The maximum absolute atomic E-state index is 11.9. The summed E-state index contributed by atoms with van der Waals surface area (Å²) in [6, 6.07) is 10.2. The van der Waals surface area contributed by atoms with Crippen LogP contribution in [0.25, 0.3) is 5.69 Å². The van der Waals surface area contributed by atoms with Crippen molar-refractivity contribution in [3.63, 3.8) is 0 Å². The van der Waals surface area contributed by atoms with E-state index in [1.54, 1.807) is 0 Å². The van der Waals surface area contributed by atoms with Gasteiger partial charge >= 0.3 is 5.97 Å². The van der Waals surface area contributed by atoms with Gasteiger partial charge in [-0.1, -0.05) is 12.1 Å². The van der Waals surface area contributed by atoms with E-state index in [0.717, 1.165) is 22.6 Å². The first-order valence-electron chi connectivity index (χ1n) is 7.88. The maximum Gasteiger partial charge on any atom is 0.325 e. The summed E-state index contributed by atoms with van der Waals surface area (Å²) in [7, 11) is 0. The van der Waals surface area contributed by atoms with Gasteiger partial charge in [-0.25, -0.2) is 4.68 Å². The number of aryl methyl sites for hydroxylation is 2. The molecule has 1 aromatic heterocycles. The van der Waals surface area contributed by atoms with Crippen LogP contribution in [0.3, 0.4) is 0 Å². The highest BCUT2D eigenvalue weighted by atomic mass is 16.5. The second-order valence-corrected chi connectivity index (χ2v) is 6.20. The molecule has 0 amide bonds. The molecule has 1 aromatic carbocycles. The molecule has 2 rings (SSSR count). The van der Waals surface area contributed by atoms with Crippen molar-refractivity contribution in [3.05, 3.63) is 47.3 Å². The second kappa shape index (κ2) is 6.96. The summed E-state index contributed by atoms with van der Waals surface area (Å²) in [6.45, 7) is 10.5. The molecule has 0 spiro atoms. The predicted octanol–water partition coefficient (Wildman–Crippen LogP) is 2.92. The highest BCUT2D eigenvalue weighted by molar-refractivity contribution is 5.79. The second-order valence-electron chi connectivity index (χ2n) is 6.20. The van der Waals surface area contributed by atoms with Crippen LogP contribution < -0.4 is 5.32 Å². The summed E-state index contributed by atoms with van der Waals surface area (Å²) in [4.78, 5) is 11.9. The molecular formula is C18H25N3O2. The smallest absolute Gasteiger partial charge is 0.325 e. The van der Waals surface area contributed by atoms with Crippen molar-refractivity contribution in [1.82, 2.24) is 15.1 Å². The molecular weight excluding hydrogens is 290 g/mol. The van der Waals surface area contributed by atoms with E-state index >= 15 is 0 Å². The molecule has 0 radical (unpaired) electrons. The van der Waals surface area contributed by atoms with Crippen LogP contribution in [0.4, 0.5) is 0 Å². The van der Waals surface area contributed by atoms with Gasteiger partial charge in [0.2, 0.25) is 0 Å². The molecule has 5 nitrogen and oxygen atoms in total. The molecule has 23 heavy (non-hydrogen) atoms. The number of carbonyl (C=O) groups excluding carboxylic acids is 1. The van der Waals surface area contributed by atoms with Gasteiger partial charge in [-0.05, 0) is 58.4 Å². The molecule has 0 aliphatic rings. The Hall–Kier alpha value is -2.14. The van der Waals surface area contributed by atoms with Gasteiger partial charge in [0.25, 0.3) is 0 Å². The number of ether oxygens (including phenoxy) is 1. The lowest BCUT2D eigenvalue weighted by Crippen LogP contribution is -2.47. The minimum Gasteiger partial charge on any atom is -0.465 e. The predicted molar refractivity (Wildman–Crippen MR) is 90.6 cm³/mol. The number of carbonyl (C=O) groups is 1. The maximum atomic E-state index is 11.9. The molecule has 5 heteroatoms. The molecule has 0 aliphatic carbocycles. The molecule has 2 aromatic rings. The lowest BCUT2D eigenvalue weighted by atomic mass is 10.1. The molecule has 0 saturated carbocycles. The Kier molecular flexibility index (Phi) is 5.21. The quantitative estimate of drug-likeness (QED) is 0.833. The summed E-state index contributed by atoms with van der Waals surface area (Å²) >= 11 is 0. The fourth-order valence-electron chi connectivity index (χ4n) is 2.35. The van der Waals surface area contributed by atoms with Crippen molar-refractivity contribution in [3.8, 4) is 5.69 Å². The van der Waals surface area contributed by atoms with E-state index in [4.69, 9.17) is 4.74 Å². The van der Waals surface area contributed by atoms with Gasteiger partial charge in [0, 0.05) is 12.2 Å². The molecule has 0 unspecified atom stereocenters. The van der Waals surface area contributed by atoms with Gasteiger partial charge < -0.3 is 4.74 Å². The molecule has 0 saturated heterocycles. The summed E-state index contributed by atoms with van der Waals surface area (Å²) < 4.78 is 7.00. The number of nitrogens with one attached hydrogen (secondary N) is 1. The Labute approximate surface area is 137 Å². The highest BCUT2D eigenvalue weighted by Gasteiger charge is 2.28. The Balaban J connectivity index is 2.03. The van der Waals surface area contributed by atoms with E-state index in [1.165, 1.54) is 0 Å². The molecule has 0 fully saturated rings. The van der Waals surface area contributed by atoms with E-state index in [9.17, 15) is 4.79 Å². The summed E-state index contributed by atoms with van der Waals surface area (Å²) in [5.41, 5.74) is 3.54. The number of aromatic nitrogens is 2. The number of hydrogen-bond donors (Lipinski definition) is 1. The third-order valence-electron chi connectivity index (χ3n) is 3.71. The molecule has 1 heterocycles. The number of rotatable bonds is 6. The summed E-state index contributed by atoms with van der Waals surface area (Å²) in [6.07, 6.45) is 0. The average Bonchev–Trinajstić information content (AvgIpc) is 2.85. The molecule has 0 bridgehead atoms. The Morgan fingerprint density at radius 3 is 2.43 bits per heavy atom. The summed E-state index contributed by atoms with van der Waals surface area (Å²) in [5.74, 6) is -0.237. The highest BCUT2D eigenvalue weighted by Crippen LogP contribution is 2.14. The number of benzene rings is 1. The van der Waals surface area contributed by atoms with Crippen LogP contribution in [0.2, 0.25) is 0 Å². The van der Waals surface area contributed by atoms with Crippen molar-refractivity contribution in [1.29, 1.82) is 0 Å². The number of nitrogens with zero attached hydrogens (tertiary/aromatic N) is 2. The largest absolute Gasteiger partial charge is 0.465 e. The zero-order chi connectivity index (χ0) is 17.0. The van der Waals surface area contributed by atoms with Crippen LogP contribution in [-0.4, -0.2) is 27.9 Å². The number of esters is 1. The van der Waals surface area contributed by atoms with Crippen molar-refractivity contribution in [2.24, 2.45) is 0 Å². The van der Waals surface area contributed by atoms with Gasteiger partial charge in [-0.15, -0.1) is 0 Å². The van der Waals surface area contributed by atoms with Crippen LogP contribution in [0.1, 0.15) is 37.7 Å². The molecule has 0 aliphatic heterocycles. The van der Waals surface area contributed by atoms with Crippen molar-refractivity contribution in [2.45, 2.75) is 46.7 Å². The van der Waals surface area contributed by atoms with E-state index in [1.807, 2.05) is 63.6 Å². The van der Waals surface area contributed by atoms with Gasteiger partial charge in [0.15, 0.2) is 0 Å². The van der Waals surface area contributed by atoms with Gasteiger partial charge in [0.1, 0.15) is 5.54 Å². The van der Waals surface area contributed by atoms with E-state index in [-0.39, 0.29) is 5.97 Å². The SMILES string of the molecule is CCOC(=O)C(C)(C)NCc1ccc(-n2nc(C)cc2C)cc1. The molecule has 1 N–H and O–H groups in total. The lowest BCUT2D eigenvalue weighted by Gasteiger charge is -2.24. The first-order valence-corrected chi connectivity index (χ1v) is 7.88. The van der Waals surface area contributed by atoms with E-state index in [2.05, 4.69) is 16.5 Å². The Morgan fingerprint density at radius 1 is 1.26 bits per heavy atom. The van der Waals surface area contributed by atoms with Crippen LogP contribution in [0, 0.1) is 13.8 Å². The van der Waals surface area contributed by atoms with Crippen LogP contribution >= 0.6 is 0 Å². The van der Waals surface area contributed by atoms with Crippen LogP contribution in [0.15, 0.2) is 30.3 Å². The van der Waals surface area contributed by atoms with Gasteiger partial charge in [0.05, 0.1) is 18.0 Å². The Morgan fingerprint density at radius 2 is 1.91 bits per heavy atom. The monoisotopic (exact) mass is 315 g/mol. The topological polar surface area (TPSA) is 56.1 Å². The van der Waals surface area contributed by atoms with E-state index in [0.29, 0.717) is 13.2 Å². The third-order valence-corrected chi connectivity index (χ3v) is 3.71. The molecule has 0 atom stereocenters. The lowest BCUT2D eigenvalue weighted by molar-refractivity contribution is -0.149. The van der Waals surface area contributed by atoms with Crippen LogP contribution in [0.5, 0.6) is 0 Å².